The van der Waals surface area contributed by atoms with E-state index in [-0.39, 0.29) is 16.7 Å². The highest BCUT2D eigenvalue weighted by atomic mass is 32.3. The number of rotatable bonds is 8. The molecule has 1 aromatic carbocycles. The highest BCUT2D eigenvalue weighted by Crippen LogP contribution is 2.28. The summed E-state index contributed by atoms with van der Waals surface area (Å²) >= 11 is 0.984. The summed E-state index contributed by atoms with van der Waals surface area (Å²) in [6.07, 6.45) is 2.57. The topological polar surface area (TPSA) is 92.7 Å². The standard InChI is InChI=1S/C17H21NO5S2/c1-3-4-6-12-10-16(25(20,21)22)24-15(12)11-18-17(19)13-7-5-8-14(9-13)23-2/h5,7-10H,3-4,6,11H2,1-2H3,(H,18,19)(H,20,21,22). The van der Waals surface area contributed by atoms with Gasteiger partial charge in [0, 0.05) is 10.4 Å². The molecule has 0 saturated carbocycles. The van der Waals surface area contributed by atoms with E-state index >= 15 is 0 Å². The minimum Gasteiger partial charge on any atom is -0.497 e. The van der Waals surface area contributed by atoms with Crippen molar-refractivity contribution in [2.75, 3.05) is 7.11 Å². The Morgan fingerprint density at radius 1 is 1.32 bits per heavy atom. The first-order chi connectivity index (χ1) is 11.8. The van der Waals surface area contributed by atoms with Crippen molar-refractivity contribution in [1.82, 2.24) is 5.32 Å². The number of carbonyl (C=O) groups is 1. The van der Waals surface area contributed by atoms with Gasteiger partial charge in [0.2, 0.25) is 0 Å². The number of aryl methyl sites for hydroxylation is 1. The van der Waals surface area contributed by atoms with Crippen LogP contribution in [0.25, 0.3) is 0 Å². The lowest BCUT2D eigenvalue weighted by atomic mass is 10.1. The lowest BCUT2D eigenvalue weighted by Gasteiger charge is -2.07. The number of thiophene rings is 1. The second kappa shape index (κ2) is 8.46. The van der Waals surface area contributed by atoms with Gasteiger partial charge in [-0.05, 0) is 42.7 Å². The van der Waals surface area contributed by atoms with Crippen molar-refractivity contribution in [1.29, 1.82) is 0 Å². The van der Waals surface area contributed by atoms with Crippen LogP contribution in [0.3, 0.4) is 0 Å². The van der Waals surface area contributed by atoms with Crippen molar-refractivity contribution in [3.05, 3.63) is 46.3 Å². The molecule has 25 heavy (non-hydrogen) atoms. The SMILES string of the molecule is CCCCc1cc(S(=O)(=O)O)sc1CNC(=O)c1cccc(OC)c1. The van der Waals surface area contributed by atoms with Gasteiger partial charge in [-0.15, -0.1) is 11.3 Å². The van der Waals surface area contributed by atoms with Crippen LogP contribution in [-0.2, 0) is 23.1 Å². The molecule has 136 valence electrons. The summed E-state index contributed by atoms with van der Waals surface area (Å²) in [7, 11) is -2.71. The zero-order chi connectivity index (χ0) is 18.4. The lowest BCUT2D eigenvalue weighted by molar-refractivity contribution is 0.0951. The van der Waals surface area contributed by atoms with Gasteiger partial charge in [-0.3, -0.25) is 9.35 Å². The smallest absolute Gasteiger partial charge is 0.304 e. The van der Waals surface area contributed by atoms with Crippen molar-refractivity contribution in [2.24, 2.45) is 0 Å². The molecule has 0 aliphatic carbocycles. The summed E-state index contributed by atoms with van der Waals surface area (Å²) in [4.78, 5) is 13.0. The maximum absolute atomic E-state index is 12.3. The van der Waals surface area contributed by atoms with E-state index in [0.717, 1.165) is 34.6 Å². The first-order valence-electron chi connectivity index (χ1n) is 7.86. The fourth-order valence-corrected chi connectivity index (χ4v) is 4.22. The van der Waals surface area contributed by atoms with E-state index in [9.17, 15) is 17.8 Å². The number of nitrogens with one attached hydrogen (secondary N) is 1. The van der Waals surface area contributed by atoms with Crippen LogP contribution < -0.4 is 10.1 Å². The van der Waals surface area contributed by atoms with Gasteiger partial charge in [-0.2, -0.15) is 8.42 Å². The summed E-state index contributed by atoms with van der Waals surface area (Å²) in [6, 6.07) is 8.27. The van der Waals surface area contributed by atoms with Crippen molar-refractivity contribution < 1.29 is 22.5 Å². The molecular weight excluding hydrogens is 362 g/mol. The largest absolute Gasteiger partial charge is 0.497 e. The average molecular weight is 383 g/mol. The fraction of sp³-hybridized carbons (Fsp3) is 0.353. The second-order valence-corrected chi connectivity index (χ2v) is 8.29. The molecule has 1 amide bonds. The van der Waals surface area contributed by atoms with Crippen molar-refractivity contribution in [2.45, 2.75) is 36.9 Å². The number of carbonyl (C=O) groups excluding carboxylic acids is 1. The minimum atomic E-state index is -4.24. The maximum atomic E-state index is 12.3. The highest BCUT2D eigenvalue weighted by molar-refractivity contribution is 7.88. The van der Waals surface area contributed by atoms with E-state index in [2.05, 4.69) is 5.32 Å². The number of benzene rings is 1. The third-order valence-corrected chi connectivity index (χ3v) is 6.15. The van der Waals surface area contributed by atoms with Gasteiger partial charge in [0.25, 0.3) is 5.91 Å². The molecule has 0 spiro atoms. The van der Waals surface area contributed by atoms with Gasteiger partial charge < -0.3 is 10.1 Å². The van der Waals surface area contributed by atoms with Crippen LogP contribution in [0.1, 0.15) is 40.6 Å². The van der Waals surface area contributed by atoms with Crippen LogP contribution in [0.15, 0.2) is 34.5 Å². The molecule has 2 N–H and O–H groups in total. The van der Waals surface area contributed by atoms with E-state index in [4.69, 9.17) is 4.74 Å². The van der Waals surface area contributed by atoms with E-state index in [1.54, 1.807) is 24.3 Å². The summed E-state index contributed by atoms with van der Waals surface area (Å²) in [5.74, 6) is 0.309. The highest BCUT2D eigenvalue weighted by Gasteiger charge is 2.18. The Labute approximate surface area is 151 Å². The predicted octanol–water partition coefficient (Wildman–Crippen LogP) is 3.28. The summed E-state index contributed by atoms with van der Waals surface area (Å²) in [5, 5.41) is 2.79. The summed E-state index contributed by atoms with van der Waals surface area (Å²) in [5.41, 5.74) is 1.30. The number of hydrogen-bond donors (Lipinski definition) is 2. The molecule has 2 rings (SSSR count). The molecule has 0 aliphatic heterocycles. The quantitative estimate of drug-likeness (QED) is 0.683. The minimum absolute atomic E-state index is 0.0933. The maximum Gasteiger partial charge on any atom is 0.304 e. The molecule has 6 nitrogen and oxygen atoms in total. The molecule has 0 radical (unpaired) electrons. The number of ether oxygens (including phenoxy) is 1. The molecule has 1 aromatic heterocycles. The van der Waals surface area contributed by atoms with Crippen molar-refractivity contribution in [3.8, 4) is 5.75 Å². The molecule has 0 atom stereocenters. The Balaban J connectivity index is 2.15. The average Bonchev–Trinajstić information content (AvgIpc) is 3.01. The molecule has 0 fully saturated rings. The Kier molecular flexibility index (Phi) is 6.57. The molecule has 0 aliphatic rings. The van der Waals surface area contributed by atoms with Crippen LogP contribution in [0.5, 0.6) is 5.75 Å². The fourth-order valence-electron chi connectivity index (χ4n) is 2.32. The van der Waals surface area contributed by atoms with Gasteiger partial charge >= 0.3 is 10.1 Å². The Morgan fingerprint density at radius 3 is 2.72 bits per heavy atom. The Bertz CT molecular complexity index is 842. The molecule has 0 saturated heterocycles. The van der Waals surface area contributed by atoms with Gasteiger partial charge in [0.05, 0.1) is 13.7 Å². The van der Waals surface area contributed by atoms with E-state index in [1.165, 1.54) is 13.2 Å². The second-order valence-electron chi connectivity index (χ2n) is 5.51. The number of unbranched alkanes of at least 4 members (excludes halogenated alkanes) is 1. The van der Waals surface area contributed by atoms with Crippen LogP contribution >= 0.6 is 11.3 Å². The van der Waals surface area contributed by atoms with Gasteiger partial charge in [-0.25, -0.2) is 0 Å². The third-order valence-electron chi connectivity index (χ3n) is 3.67. The zero-order valence-electron chi connectivity index (χ0n) is 14.1. The molecule has 0 unspecified atom stereocenters. The lowest BCUT2D eigenvalue weighted by Crippen LogP contribution is -2.22. The monoisotopic (exact) mass is 383 g/mol. The van der Waals surface area contributed by atoms with Crippen LogP contribution in [0, 0.1) is 0 Å². The van der Waals surface area contributed by atoms with Crippen LogP contribution in [-0.4, -0.2) is 26.0 Å². The summed E-state index contributed by atoms with van der Waals surface area (Å²) in [6.45, 7) is 2.25. The van der Waals surface area contributed by atoms with E-state index in [0.29, 0.717) is 17.7 Å². The molecule has 8 heteroatoms. The summed E-state index contributed by atoms with van der Waals surface area (Å²) < 4.78 is 37.0. The Hall–Kier alpha value is -1.90. The van der Waals surface area contributed by atoms with Crippen molar-refractivity contribution in [3.63, 3.8) is 0 Å². The van der Waals surface area contributed by atoms with Crippen LogP contribution in [0.2, 0.25) is 0 Å². The van der Waals surface area contributed by atoms with E-state index in [1.807, 2.05) is 6.92 Å². The molecule has 1 heterocycles. The Morgan fingerprint density at radius 2 is 2.08 bits per heavy atom. The van der Waals surface area contributed by atoms with Crippen LogP contribution in [0.4, 0.5) is 0 Å². The van der Waals surface area contributed by atoms with Crippen molar-refractivity contribution >= 4 is 27.4 Å². The number of methoxy groups -OCH3 is 1. The van der Waals surface area contributed by atoms with E-state index < -0.39 is 10.1 Å². The van der Waals surface area contributed by atoms with Gasteiger partial charge in [0.15, 0.2) is 0 Å². The first kappa shape index (κ1) is 19.4. The first-order valence-corrected chi connectivity index (χ1v) is 10.1. The molecular formula is C17H21NO5S2. The van der Waals surface area contributed by atoms with Gasteiger partial charge in [-0.1, -0.05) is 19.4 Å². The zero-order valence-corrected chi connectivity index (χ0v) is 15.7. The molecule has 0 bridgehead atoms. The number of amides is 1. The third kappa shape index (κ3) is 5.29. The number of hydrogen-bond acceptors (Lipinski definition) is 5. The molecule has 2 aromatic rings. The van der Waals surface area contributed by atoms with Gasteiger partial charge in [0.1, 0.15) is 9.96 Å². The predicted molar refractivity (Wildman–Crippen MR) is 96.9 cm³/mol. The normalized spacial score (nSPS) is 11.3.